The van der Waals surface area contributed by atoms with Gasteiger partial charge < -0.3 is 21.3 Å². The molecule has 0 aliphatic carbocycles. The second-order valence-corrected chi connectivity index (χ2v) is 7.83. The highest BCUT2D eigenvalue weighted by Crippen LogP contribution is 2.19. The molecular weight excluding hydrogens is 400 g/mol. The van der Waals surface area contributed by atoms with E-state index in [4.69, 9.17) is 5.73 Å². The fourth-order valence-corrected chi connectivity index (χ4v) is 3.47. The summed E-state index contributed by atoms with van der Waals surface area (Å²) in [6.07, 6.45) is 0.834. The maximum atomic E-state index is 12.4. The number of urea groups is 1. The first-order valence-corrected chi connectivity index (χ1v) is 10.2. The van der Waals surface area contributed by atoms with E-state index in [2.05, 4.69) is 42.7 Å². The van der Waals surface area contributed by atoms with Crippen LogP contribution in [0.5, 0.6) is 0 Å². The normalized spacial score (nSPS) is 13.8. The Kier molecular flexibility index (Phi) is 8.69. The van der Waals surface area contributed by atoms with E-state index in [1.165, 1.54) is 11.1 Å². The molecule has 3 rings (SSSR count). The largest absolute Gasteiger partial charge is 0.353 e. The molecule has 0 aromatic heterocycles. The monoisotopic (exact) mass is 430 g/mol. The molecule has 1 aliphatic heterocycles. The molecule has 3 amide bonds. The molecule has 0 saturated heterocycles. The molecule has 2 aromatic carbocycles. The summed E-state index contributed by atoms with van der Waals surface area (Å²) in [4.78, 5) is 26.2. The Balaban J connectivity index is 0.00000320. The first kappa shape index (κ1) is 23.7. The summed E-state index contributed by atoms with van der Waals surface area (Å²) in [5, 5.41) is 5.50. The van der Waals surface area contributed by atoms with Crippen molar-refractivity contribution in [2.45, 2.75) is 38.8 Å². The van der Waals surface area contributed by atoms with Crippen LogP contribution in [0.2, 0.25) is 0 Å². The van der Waals surface area contributed by atoms with Crippen LogP contribution in [0.15, 0.2) is 48.5 Å². The Morgan fingerprint density at radius 3 is 2.30 bits per heavy atom. The van der Waals surface area contributed by atoms with Crippen molar-refractivity contribution < 1.29 is 9.59 Å². The third-order valence-corrected chi connectivity index (χ3v) is 5.37. The van der Waals surface area contributed by atoms with Gasteiger partial charge in [0.2, 0.25) is 5.91 Å². The highest BCUT2D eigenvalue weighted by Gasteiger charge is 2.20. The average Bonchev–Trinajstić information content (AvgIpc) is 2.75. The lowest BCUT2D eigenvalue weighted by molar-refractivity contribution is -0.120. The Hall–Kier alpha value is -2.57. The molecule has 30 heavy (non-hydrogen) atoms. The van der Waals surface area contributed by atoms with Gasteiger partial charge in [0.1, 0.15) is 0 Å². The molecule has 1 unspecified atom stereocenters. The summed E-state index contributed by atoms with van der Waals surface area (Å²) >= 11 is 0. The predicted molar refractivity (Wildman–Crippen MR) is 122 cm³/mol. The molecule has 0 fully saturated rings. The molecule has 2 aromatic rings. The van der Waals surface area contributed by atoms with Crippen LogP contribution in [0.4, 0.5) is 4.79 Å². The summed E-state index contributed by atoms with van der Waals surface area (Å²) in [6, 6.07) is 15.8. The average molecular weight is 431 g/mol. The van der Waals surface area contributed by atoms with Gasteiger partial charge >= 0.3 is 6.03 Å². The summed E-state index contributed by atoms with van der Waals surface area (Å²) in [7, 11) is 0. The number of carbonyl (C=O) groups excluding carboxylic acids is 2. The van der Waals surface area contributed by atoms with Gasteiger partial charge in [-0.1, -0.05) is 62.4 Å². The van der Waals surface area contributed by atoms with Gasteiger partial charge in [-0.25, -0.2) is 4.79 Å². The van der Waals surface area contributed by atoms with Gasteiger partial charge in [0, 0.05) is 25.7 Å². The number of rotatable bonds is 6. The van der Waals surface area contributed by atoms with E-state index in [1.54, 1.807) is 4.90 Å². The zero-order chi connectivity index (χ0) is 20.8. The van der Waals surface area contributed by atoms with Crippen LogP contribution in [0.3, 0.4) is 0 Å². The topological polar surface area (TPSA) is 87.5 Å². The maximum absolute atomic E-state index is 12.4. The van der Waals surface area contributed by atoms with Crippen LogP contribution in [0.25, 0.3) is 0 Å². The Bertz CT molecular complexity index is 855. The second-order valence-electron chi connectivity index (χ2n) is 7.83. The molecule has 4 N–H and O–H groups in total. The molecule has 0 radical (unpaired) electrons. The van der Waals surface area contributed by atoms with Crippen molar-refractivity contribution >= 4 is 24.3 Å². The fourth-order valence-electron chi connectivity index (χ4n) is 3.47. The maximum Gasteiger partial charge on any atom is 0.318 e. The van der Waals surface area contributed by atoms with Crippen molar-refractivity contribution in [1.82, 2.24) is 15.5 Å². The molecule has 0 spiro atoms. The number of nitrogens with zero attached hydrogens (tertiary/aromatic N) is 1. The molecule has 0 bridgehead atoms. The minimum absolute atomic E-state index is 0. The zero-order valence-corrected chi connectivity index (χ0v) is 18.4. The number of benzene rings is 2. The third-order valence-electron chi connectivity index (χ3n) is 5.37. The van der Waals surface area contributed by atoms with Crippen molar-refractivity contribution in [3.63, 3.8) is 0 Å². The van der Waals surface area contributed by atoms with E-state index >= 15 is 0 Å². The van der Waals surface area contributed by atoms with Crippen LogP contribution in [0.1, 0.15) is 48.1 Å². The predicted octanol–water partition coefficient (Wildman–Crippen LogP) is 3.12. The molecule has 1 aliphatic rings. The minimum Gasteiger partial charge on any atom is -0.353 e. The summed E-state index contributed by atoms with van der Waals surface area (Å²) in [5.41, 5.74) is 10.9. The lowest BCUT2D eigenvalue weighted by atomic mass is 9.99. The molecule has 1 atom stereocenters. The molecule has 1 heterocycles. The SMILES string of the molecule is CC(C)c1ccc(C(N)CNC(=O)CNC(=O)N2CCc3ccccc3C2)cc1.Cl. The number of carbonyl (C=O) groups is 2. The van der Waals surface area contributed by atoms with Crippen molar-refractivity contribution in [2.24, 2.45) is 5.73 Å². The van der Waals surface area contributed by atoms with Gasteiger partial charge in [-0.2, -0.15) is 0 Å². The van der Waals surface area contributed by atoms with E-state index in [-0.39, 0.29) is 36.9 Å². The summed E-state index contributed by atoms with van der Waals surface area (Å²) in [5.74, 6) is 0.224. The number of nitrogens with one attached hydrogen (secondary N) is 2. The fraction of sp³-hybridized carbons (Fsp3) is 0.391. The number of hydrogen-bond acceptors (Lipinski definition) is 3. The molecule has 162 valence electrons. The number of halogens is 1. The Morgan fingerprint density at radius 1 is 1.00 bits per heavy atom. The van der Waals surface area contributed by atoms with Gasteiger partial charge in [-0.05, 0) is 34.6 Å². The van der Waals surface area contributed by atoms with E-state index in [1.807, 2.05) is 30.3 Å². The van der Waals surface area contributed by atoms with Gasteiger partial charge in [0.25, 0.3) is 0 Å². The second kappa shape index (κ2) is 11.0. The first-order valence-electron chi connectivity index (χ1n) is 10.2. The molecule has 7 heteroatoms. The van der Waals surface area contributed by atoms with E-state index in [9.17, 15) is 9.59 Å². The smallest absolute Gasteiger partial charge is 0.318 e. The lowest BCUT2D eigenvalue weighted by Gasteiger charge is -2.28. The molecule has 0 saturated carbocycles. The quantitative estimate of drug-likeness (QED) is 0.658. The van der Waals surface area contributed by atoms with Crippen LogP contribution in [0, 0.1) is 0 Å². The van der Waals surface area contributed by atoms with Gasteiger partial charge in [0.15, 0.2) is 0 Å². The van der Waals surface area contributed by atoms with Crippen molar-refractivity contribution in [1.29, 1.82) is 0 Å². The van der Waals surface area contributed by atoms with E-state index < -0.39 is 0 Å². The van der Waals surface area contributed by atoms with E-state index in [0.717, 1.165) is 17.5 Å². The first-order chi connectivity index (χ1) is 13.9. The van der Waals surface area contributed by atoms with Crippen LogP contribution in [-0.2, 0) is 17.8 Å². The third kappa shape index (κ3) is 6.21. The number of fused-ring (bicyclic) bond motifs is 1. The number of hydrogen-bond donors (Lipinski definition) is 3. The van der Waals surface area contributed by atoms with Crippen LogP contribution in [-0.4, -0.2) is 36.5 Å². The minimum atomic E-state index is -0.283. The number of nitrogens with two attached hydrogens (primary N) is 1. The van der Waals surface area contributed by atoms with Crippen LogP contribution < -0.4 is 16.4 Å². The van der Waals surface area contributed by atoms with Gasteiger partial charge in [-0.15, -0.1) is 12.4 Å². The van der Waals surface area contributed by atoms with Crippen LogP contribution >= 0.6 is 12.4 Å². The summed E-state index contributed by atoms with van der Waals surface area (Å²) in [6.45, 7) is 5.78. The van der Waals surface area contributed by atoms with E-state index in [0.29, 0.717) is 25.6 Å². The molecule has 6 nitrogen and oxygen atoms in total. The van der Waals surface area contributed by atoms with Gasteiger partial charge in [0.05, 0.1) is 6.54 Å². The van der Waals surface area contributed by atoms with Crippen molar-refractivity contribution in [3.05, 3.63) is 70.8 Å². The lowest BCUT2D eigenvalue weighted by Crippen LogP contribution is -2.46. The van der Waals surface area contributed by atoms with Gasteiger partial charge in [-0.3, -0.25) is 4.79 Å². The highest BCUT2D eigenvalue weighted by atomic mass is 35.5. The molecular formula is C23H31ClN4O2. The number of amides is 3. The zero-order valence-electron chi connectivity index (χ0n) is 17.6. The Morgan fingerprint density at radius 2 is 1.63 bits per heavy atom. The summed E-state index contributed by atoms with van der Waals surface area (Å²) < 4.78 is 0. The van der Waals surface area contributed by atoms with Crippen molar-refractivity contribution in [2.75, 3.05) is 19.6 Å². The highest BCUT2D eigenvalue weighted by molar-refractivity contribution is 5.85. The Labute approximate surface area is 184 Å². The van der Waals surface area contributed by atoms with Crippen molar-refractivity contribution in [3.8, 4) is 0 Å². The standard InChI is InChI=1S/C23H30N4O2.ClH/c1-16(2)17-7-9-19(10-8-17)21(24)13-25-22(28)14-26-23(29)27-12-11-18-5-3-4-6-20(18)15-27;/h3-10,16,21H,11-15,24H2,1-2H3,(H,25,28)(H,26,29);1H.